The summed E-state index contributed by atoms with van der Waals surface area (Å²) in [5, 5.41) is 11.1. The van der Waals surface area contributed by atoms with Crippen LogP contribution in [0.4, 0.5) is 0 Å². The van der Waals surface area contributed by atoms with E-state index in [-0.39, 0.29) is 11.3 Å². The van der Waals surface area contributed by atoms with Crippen LogP contribution in [0.1, 0.15) is 23.1 Å². The molecule has 0 radical (unpaired) electrons. The van der Waals surface area contributed by atoms with E-state index in [0.29, 0.717) is 16.5 Å². The lowest BCUT2D eigenvalue weighted by atomic mass is 10.1. The molecule has 3 aromatic rings. The highest BCUT2D eigenvalue weighted by Crippen LogP contribution is 2.12. The summed E-state index contributed by atoms with van der Waals surface area (Å²) in [6.45, 7) is 1.77. The second-order valence-electron chi connectivity index (χ2n) is 4.67. The molecule has 0 bridgehead atoms. The summed E-state index contributed by atoms with van der Waals surface area (Å²) in [6.07, 6.45) is 1.77. The average Bonchev–Trinajstić information content (AvgIpc) is 3.07. The van der Waals surface area contributed by atoms with Crippen LogP contribution in [0, 0.1) is 0 Å². The maximum atomic E-state index is 12.2. The zero-order valence-electron chi connectivity index (χ0n) is 11.8. The number of amides is 1. The maximum Gasteiger partial charge on any atom is 0.292 e. The highest BCUT2D eigenvalue weighted by Gasteiger charge is 2.13. The molecular formula is C15H13N5O2. The minimum Gasteiger partial charge on any atom is -0.360 e. The van der Waals surface area contributed by atoms with Crippen LogP contribution < -0.4 is 11.0 Å². The third-order valence-corrected chi connectivity index (χ3v) is 3.22. The molecule has 2 heterocycles. The summed E-state index contributed by atoms with van der Waals surface area (Å²) in [7, 11) is 0. The largest absolute Gasteiger partial charge is 0.360 e. The molecule has 0 saturated carbocycles. The summed E-state index contributed by atoms with van der Waals surface area (Å²) in [5.41, 5.74) is 3.67. The quantitative estimate of drug-likeness (QED) is 0.502. The molecule has 0 fully saturated rings. The first kappa shape index (κ1) is 13.7. The van der Waals surface area contributed by atoms with Gasteiger partial charge in [0.25, 0.3) is 11.5 Å². The second-order valence-corrected chi connectivity index (χ2v) is 4.67. The molecule has 0 aliphatic heterocycles. The van der Waals surface area contributed by atoms with Crippen LogP contribution in [0.5, 0.6) is 0 Å². The summed E-state index contributed by atoms with van der Waals surface area (Å²) in [4.78, 5) is 26.9. The van der Waals surface area contributed by atoms with Crippen molar-refractivity contribution in [3.05, 3.63) is 64.3 Å². The first-order valence-corrected chi connectivity index (χ1v) is 6.62. The normalized spacial score (nSPS) is 11.6. The van der Waals surface area contributed by atoms with Gasteiger partial charge in [0.15, 0.2) is 5.69 Å². The molecule has 1 aromatic carbocycles. The van der Waals surface area contributed by atoms with Gasteiger partial charge in [-0.15, -0.1) is 0 Å². The number of carbonyl (C=O) groups is 1. The molecule has 7 heteroatoms. The van der Waals surface area contributed by atoms with Gasteiger partial charge >= 0.3 is 0 Å². The van der Waals surface area contributed by atoms with Crippen LogP contribution in [0.15, 0.2) is 52.5 Å². The van der Waals surface area contributed by atoms with Gasteiger partial charge in [-0.05, 0) is 25.1 Å². The number of rotatable bonds is 3. The zero-order valence-corrected chi connectivity index (χ0v) is 11.8. The number of hydrogen-bond acceptors (Lipinski definition) is 4. The Morgan fingerprint density at radius 1 is 1.18 bits per heavy atom. The fourth-order valence-electron chi connectivity index (χ4n) is 2.09. The zero-order chi connectivity index (χ0) is 15.5. The van der Waals surface area contributed by atoms with E-state index in [2.05, 4.69) is 25.7 Å². The summed E-state index contributed by atoms with van der Waals surface area (Å²) in [6, 6.07) is 10.5. The fraction of sp³-hybridized carbons (Fsp3) is 0.0667. The van der Waals surface area contributed by atoms with Crippen molar-refractivity contribution in [2.45, 2.75) is 6.92 Å². The van der Waals surface area contributed by atoms with Crippen LogP contribution in [-0.4, -0.2) is 26.8 Å². The molecule has 0 unspecified atom stereocenters. The molecule has 3 rings (SSSR count). The van der Waals surface area contributed by atoms with Crippen molar-refractivity contribution in [3.63, 3.8) is 0 Å². The summed E-state index contributed by atoms with van der Waals surface area (Å²) >= 11 is 0. The highest BCUT2D eigenvalue weighted by atomic mass is 16.2. The van der Waals surface area contributed by atoms with Gasteiger partial charge in [-0.1, -0.05) is 18.2 Å². The average molecular weight is 295 g/mol. The third kappa shape index (κ3) is 2.51. The molecular weight excluding hydrogens is 282 g/mol. The topological polar surface area (TPSA) is 103 Å². The Morgan fingerprint density at radius 3 is 2.68 bits per heavy atom. The molecule has 110 valence electrons. The first-order valence-electron chi connectivity index (χ1n) is 6.62. The Hall–Kier alpha value is -3.22. The lowest BCUT2D eigenvalue weighted by Gasteiger charge is -2.04. The van der Waals surface area contributed by atoms with Gasteiger partial charge < -0.3 is 4.98 Å². The van der Waals surface area contributed by atoms with Crippen LogP contribution in [0.3, 0.4) is 0 Å². The predicted octanol–water partition coefficient (Wildman–Crippen LogP) is 1.41. The van der Waals surface area contributed by atoms with Crippen molar-refractivity contribution in [3.8, 4) is 0 Å². The number of carbonyl (C=O) groups excluding carboxylic acids is 1. The summed E-state index contributed by atoms with van der Waals surface area (Å²) in [5.74, 6) is -0.488. The lowest BCUT2D eigenvalue weighted by molar-refractivity contribution is 0.0950. The monoisotopic (exact) mass is 295 g/mol. The number of aromatic amines is 2. The van der Waals surface area contributed by atoms with Gasteiger partial charge in [0, 0.05) is 11.6 Å². The molecule has 0 aliphatic rings. The number of benzene rings is 1. The molecule has 0 atom stereocenters. The van der Waals surface area contributed by atoms with E-state index < -0.39 is 5.91 Å². The van der Waals surface area contributed by atoms with E-state index >= 15 is 0 Å². The number of hydrazone groups is 1. The smallest absolute Gasteiger partial charge is 0.292 e. The number of fused-ring (bicyclic) bond motifs is 1. The van der Waals surface area contributed by atoms with Gasteiger partial charge in [0.2, 0.25) is 0 Å². The molecule has 0 aliphatic carbocycles. The number of H-pyrrole nitrogens is 2. The predicted molar refractivity (Wildman–Crippen MR) is 82.8 cm³/mol. The van der Waals surface area contributed by atoms with E-state index in [1.807, 2.05) is 12.1 Å². The standard InChI is InChI=1S/C15H13N5O2/c1-9(12-7-4-8-16-12)17-20-15(22)13-10-5-2-3-6-11(10)14(21)19-18-13/h2-8,16H,1H3,(H,19,21)(H,20,22)/b17-9+. The number of aromatic nitrogens is 3. The Morgan fingerprint density at radius 2 is 1.95 bits per heavy atom. The fourth-order valence-corrected chi connectivity index (χ4v) is 2.09. The van der Waals surface area contributed by atoms with Gasteiger partial charge in [0.05, 0.1) is 16.8 Å². The number of hydrogen-bond donors (Lipinski definition) is 3. The van der Waals surface area contributed by atoms with Crippen molar-refractivity contribution in [2.24, 2.45) is 5.10 Å². The molecule has 7 nitrogen and oxygen atoms in total. The SMILES string of the molecule is C/C(=N\NC(=O)c1n[nH]c(=O)c2ccccc12)c1ccc[nH]1. The van der Waals surface area contributed by atoms with Crippen LogP contribution in [-0.2, 0) is 0 Å². The summed E-state index contributed by atoms with van der Waals surface area (Å²) < 4.78 is 0. The highest BCUT2D eigenvalue weighted by molar-refractivity contribution is 6.05. The molecule has 0 spiro atoms. The van der Waals surface area contributed by atoms with Gasteiger partial charge in [0.1, 0.15) is 0 Å². The Balaban J connectivity index is 1.92. The van der Waals surface area contributed by atoms with Crippen molar-refractivity contribution < 1.29 is 4.79 Å². The third-order valence-electron chi connectivity index (χ3n) is 3.22. The van der Waals surface area contributed by atoms with Gasteiger partial charge in [-0.3, -0.25) is 9.59 Å². The molecule has 1 amide bonds. The van der Waals surface area contributed by atoms with Crippen molar-refractivity contribution in [1.82, 2.24) is 20.6 Å². The lowest BCUT2D eigenvalue weighted by Crippen LogP contribution is -2.23. The van der Waals surface area contributed by atoms with Crippen LogP contribution in [0.2, 0.25) is 0 Å². The number of nitrogens with zero attached hydrogens (tertiary/aromatic N) is 2. The van der Waals surface area contributed by atoms with Crippen molar-refractivity contribution in [1.29, 1.82) is 0 Å². The van der Waals surface area contributed by atoms with Crippen LogP contribution >= 0.6 is 0 Å². The molecule has 3 N–H and O–H groups in total. The van der Waals surface area contributed by atoms with E-state index in [9.17, 15) is 9.59 Å². The number of nitrogens with one attached hydrogen (secondary N) is 3. The molecule has 0 saturated heterocycles. The molecule has 2 aromatic heterocycles. The van der Waals surface area contributed by atoms with E-state index in [1.165, 1.54) is 0 Å². The van der Waals surface area contributed by atoms with Crippen LogP contribution in [0.25, 0.3) is 10.8 Å². The Bertz CT molecular complexity index is 909. The Kier molecular flexibility index (Phi) is 3.53. The van der Waals surface area contributed by atoms with Gasteiger partial charge in [-0.25, -0.2) is 10.5 Å². The second kappa shape index (κ2) is 5.65. The molecule has 22 heavy (non-hydrogen) atoms. The van der Waals surface area contributed by atoms with E-state index in [4.69, 9.17) is 0 Å². The minimum atomic E-state index is -0.488. The van der Waals surface area contributed by atoms with Crippen molar-refractivity contribution in [2.75, 3.05) is 0 Å². The minimum absolute atomic E-state index is 0.123. The first-order chi connectivity index (χ1) is 10.7. The van der Waals surface area contributed by atoms with E-state index in [0.717, 1.165) is 5.69 Å². The van der Waals surface area contributed by atoms with Gasteiger partial charge in [-0.2, -0.15) is 10.2 Å². The van der Waals surface area contributed by atoms with Crippen molar-refractivity contribution >= 4 is 22.4 Å². The maximum absolute atomic E-state index is 12.2. The van der Waals surface area contributed by atoms with E-state index in [1.54, 1.807) is 37.4 Å². The Labute approximate surface area is 125 Å².